The highest BCUT2D eigenvalue weighted by molar-refractivity contribution is 6.10. The lowest BCUT2D eigenvalue weighted by atomic mass is 10.1. The van der Waals surface area contributed by atoms with Gasteiger partial charge in [-0.15, -0.1) is 0 Å². The monoisotopic (exact) mass is 329 g/mol. The first-order chi connectivity index (χ1) is 11.5. The van der Waals surface area contributed by atoms with Gasteiger partial charge in [0.2, 0.25) is 0 Å². The van der Waals surface area contributed by atoms with Crippen LogP contribution in [0.2, 0.25) is 0 Å². The van der Waals surface area contributed by atoms with Crippen molar-refractivity contribution in [3.8, 4) is 17.2 Å². The first-order valence-corrected chi connectivity index (χ1v) is 7.74. The Labute approximate surface area is 142 Å². The van der Waals surface area contributed by atoms with E-state index in [1.165, 1.54) is 14.2 Å². The van der Waals surface area contributed by atoms with Gasteiger partial charge in [-0.3, -0.25) is 4.79 Å². The molecular weight excluding hydrogens is 306 g/mol. The van der Waals surface area contributed by atoms with Crippen LogP contribution >= 0.6 is 0 Å². The molecule has 2 rings (SSSR count). The van der Waals surface area contributed by atoms with Gasteiger partial charge >= 0.3 is 0 Å². The molecule has 0 aromatic heterocycles. The molecule has 0 fully saturated rings. The van der Waals surface area contributed by atoms with Gasteiger partial charge in [-0.25, -0.2) is 0 Å². The molecule has 0 heterocycles. The fraction of sp³-hybridized carbons (Fsp3) is 0.316. The molecule has 0 spiro atoms. The Bertz CT molecular complexity index is 702. The summed E-state index contributed by atoms with van der Waals surface area (Å²) >= 11 is 0. The molecule has 1 amide bonds. The minimum absolute atomic E-state index is 0.181. The first kappa shape index (κ1) is 17.7. The number of carbonyl (C=O) groups excluding carboxylic acids is 1. The van der Waals surface area contributed by atoms with E-state index in [2.05, 4.69) is 0 Å². The summed E-state index contributed by atoms with van der Waals surface area (Å²) < 4.78 is 16.0. The van der Waals surface area contributed by atoms with Crippen LogP contribution in [0.3, 0.4) is 0 Å². The molecule has 0 radical (unpaired) electrons. The zero-order valence-corrected chi connectivity index (χ0v) is 14.8. The molecule has 0 aliphatic carbocycles. The maximum absolute atomic E-state index is 13.2. The minimum Gasteiger partial charge on any atom is -0.496 e. The van der Waals surface area contributed by atoms with Crippen molar-refractivity contribution in [2.24, 2.45) is 0 Å². The Hall–Kier alpha value is -2.69. The van der Waals surface area contributed by atoms with Gasteiger partial charge in [0.25, 0.3) is 5.91 Å². The van der Waals surface area contributed by atoms with E-state index in [9.17, 15) is 4.79 Å². The molecule has 0 saturated heterocycles. The van der Waals surface area contributed by atoms with E-state index in [0.717, 1.165) is 11.3 Å². The third kappa shape index (κ3) is 3.45. The van der Waals surface area contributed by atoms with E-state index < -0.39 is 0 Å². The van der Waals surface area contributed by atoms with Crippen LogP contribution in [0.1, 0.15) is 22.8 Å². The summed E-state index contributed by atoms with van der Waals surface area (Å²) in [6.07, 6.45) is 0. The molecule has 0 aliphatic heterocycles. The third-order valence-corrected chi connectivity index (χ3v) is 3.80. The van der Waals surface area contributed by atoms with Crippen molar-refractivity contribution in [1.29, 1.82) is 0 Å². The molecule has 2 aromatic carbocycles. The van der Waals surface area contributed by atoms with E-state index >= 15 is 0 Å². The van der Waals surface area contributed by atoms with Crippen LogP contribution in [0.5, 0.6) is 17.2 Å². The summed E-state index contributed by atoms with van der Waals surface area (Å²) in [6.45, 7) is 4.46. The predicted molar refractivity (Wildman–Crippen MR) is 94.6 cm³/mol. The van der Waals surface area contributed by atoms with E-state index in [0.29, 0.717) is 29.4 Å². The van der Waals surface area contributed by atoms with Crippen LogP contribution in [0.4, 0.5) is 5.69 Å². The normalized spacial score (nSPS) is 10.2. The second-order valence-corrected chi connectivity index (χ2v) is 5.30. The summed E-state index contributed by atoms with van der Waals surface area (Å²) in [6, 6.07) is 11.2. The number of carbonyl (C=O) groups is 1. The molecule has 5 heteroatoms. The topological polar surface area (TPSA) is 48.0 Å². The van der Waals surface area contributed by atoms with E-state index in [1.54, 1.807) is 24.1 Å². The summed E-state index contributed by atoms with van der Waals surface area (Å²) in [5.41, 5.74) is 2.30. The number of hydrogen-bond donors (Lipinski definition) is 0. The molecule has 24 heavy (non-hydrogen) atoms. The number of aryl methyl sites for hydroxylation is 1. The Morgan fingerprint density at radius 3 is 2.08 bits per heavy atom. The second-order valence-electron chi connectivity index (χ2n) is 5.30. The van der Waals surface area contributed by atoms with Crippen LogP contribution in [0.25, 0.3) is 0 Å². The maximum atomic E-state index is 13.2. The molecule has 0 aliphatic rings. The quantitative estimate of drug-likeness (QED) is 0.811. The van der Waals surface area contributed by atoms with Crippen molar-refractivity contribution < 1.29 is 19.0 Å². The van der Waals surface area contributed by atoms with Crippen molar-refractivity contribution in [2.75, 3.05) is 32.8 Å². The molecular formula is C19H23NO4. The van der Waals surface area contributed by atoms with Crippen molar-refractivity contribution in [2.45, 2.75) is 13.8 Å². The predicted octanol–water partition coefficient (Wildman–Crippen LogP) is 3.69. The number of hydrogen-bond acceptors (Lipinski definition) is 4. The smallest absolute Gasteiger partial charge is 0.265 e. The minimum atomic E-state index is -0.181. The lowest BCUT2D eigenvalue weighted by Gasteiger charge is -2.24. The zero-order chi connectivity index (χ0) is 17.7. The first-order valence-electron chi connectivity index (χ1n) is 7.74. The van der Waals surface area contributed by atoms with Crippen molar-refractivity contribution >= 4 is 11.6 Å². The van der Waals surface area contributed by atoms with Gasteiger partial charge in [0.15, 0.2) is 0 Å². The standard InChI is InChI=1S/C19H23NO4/c1-6-20(14-9-7-8-13(2)10-14)19(21)18-16(23-4)11-15(22-3)12-17(18)24-5/h7-12H,6H2,1-5H3. The summed E-state index contributed by atoms with van der Waals surface area (Å²) in [4.78, 5) is 14.9. The maximum Gasteiger partial charge on any atom is 0.265 e. The summed E-state index contributed by atoms with van der Waals surface area (Å²) in [7, 11) is 4.60. The Morgan fingerprint density at radius 1 is 1.00 bits per heavy atom. The number of methoxy groups -OCH3 is 3. The molecule has 0 N–H and O–H groups in total. The largest absolute Gasteiger partial charge is 0.496 e. The molecule has 0 saturated carbocycles. The second kappa shape index (κ2) is 7.73. The van der Waals surface area contributed by atoms with Crippen LogP contribution in [0, 0.1) is 6.92 Å². The lowest BCUT2D eigenvalue weighted by Crippen LogP contribution is -2.31. The summed E-state index contributed by atoms with van der Waals surface area (Å²) in [5.74, 6) is 1.22. The van der Waals surface area contributed by atoms with Gasteiger partial charge in [0.05, 0.1) is 21.3 Å². The fourth-order valence-electron chi connectivity index (χ4n) is 2.59. The van der Waals surface area contributed by atoms with E-state index in [4.69, 9.17) is 14.2 Å². The number of ether oxygens (including phenoxy) is 3. The molecule has 0 atom stereocenters. The van der Waals surface area contributed by atoms with Gasteiger partial charge in [-0.05, 0) is 31.5 Å². The van der Waals surface area contributed by atoms with Gasteiger partial charge in [0, 0.05) is 24.4 Å². The highest BCUT2D eigenvalue weighted by Gasteiger charge is 2.25. The molecule has 0 bridgehead atoms. The zero-order valence-electron chi connectivity index (χ0n) is 14.8. The Balaban J connectivity index is 2.54. The number of amides is 1. The third-order valence-electron chi connectivity index (χ3n) is 3.80. The number of nitrogens with zero attached hydrogens (tertiary/aromatic N) is 1. The fourth-order valence-corrected chi connectivity index (χ4v) is 2.59. The Morgan fingerprint density at radius 2 is 1.62 bits per heavy atom. The van der Waals surface area contributed by atoms with Gasteiger partial charge in [-0.2, -0.15) is 0 Å². The number of rotatable bonds is 6. The van der Waals surface area contributed by atoms with Crippen LogP contribution in [-0.2, 0) is 0 Å². The van der Waals surface area contributed by atoms with Crippen molar-refractivity contribution in [1.82, 2.24) is 0 Å². The van der Waals surface area contributed by atoms with Gasteiger partial charge in [0.1, 0.15) is 22.8 Å². The van der Waals surface area contributed by atoms with Crippen LogP contribution < -0.4 is 19.1 Å². The molecule has 5 nitrogen and oxygen atoms in total. The highest BCUT2D eigenvalue weighted by atomic mass is 16.5. The average Bonchev–Trinajstić information content (AvgIpc) is 2.60. The number of benzene rings is 2. The van der Waals surface area contributed by atoms with Crippen molar-refractivity contribution in [3.63, 3.8) is 0 Å². The van der Waals surface area contributed by atoms with Gasteiger partial charge < -0.3 is 19.1 Å². The highest BCUT2D eigenvalue weighted by Crippen LogP contribution is 2.35. The van der Waals surface area contributed by atoms with Gasteiger partial charge in [-0.1, -0.05) is 12.1 Å². The van der Waals surface area contributed by atoms with E-state index in [-0.39, 0.29) is 5.91 Å². The van der Waals surface area contributed by atoms with Crippen molar-refractivity contribution in [3.05, 3.63) is 47.5 Å². The van der Waals surface area contributed by atoms with E-state index in [1.807, 2.05) is 38.1 Å². The SMILES string of the molecule is CCN(C(=O)c1c(OC)cc(OC)cc1OC)c1cccc(C)c1. The lowest BCUT2D eigenvalue weighted by molar-refractivity contribution is 0.0982. The Kier molecular flexibility index (Phi) is 5.68. The molecule has 128 valence electrons. The molecule has 0 unspecified atom stereocenters. The van der Waals surface area contributed by atoms with Crippen LogP contribution in [0.15, 0.2) is 36.4 Å². The number of anilines is 1. The van der Waals surface area contributed by atoms with Crippen LogP contribution in [-0.4, -0.2) is 33.8 Å². The molecule has 2 aromatic rings. The average molecular weight is 329 g/mol. The summed E-state index contributed by atoms with van der Waals surface area (Å²) in [5, 5.41) is 0.